The Morgan fingerprint density at radius 1 is 1.36 bits per heavy atom. The summed E-state index contributed by atoms with van der Waals surface area (Å²) in [4.78, 5) is 0. The van der Waals surface area contributed by atoms with Crippen molar-refractivity contribution >= 4 is 0 Å². The second-order valence-electron chi connectivity index (χ2n) is 3.26. The predicted molar refractivity (Wildman–Crippen MR) is 44.6 cm³/mol. The Hall–Kier alpha value is -1.04. The van der Waals surface area contributed by atoms with Gasteiger partial charge in [-0.2, -0.15) is 0 Å². The Morgan fingerprint density at radius 2 is 1.91 bits per heavy atom. The molecule has 0 radical (unpaired) electrons. The molecule has 1 nitrogen and oxygen atoms in total. The summed E-state index contributed by atoms with van der Waals surface area (Å²) in [6, 6.07) is 0. The van der Waals surface area contributed by atoms with Crippen LogP contribution in [0.25, 0.3) is 0 Å². The monoisotopic (exact) mass is 410 g/mol. The zero-order valence-electron chi connectivity index (χ0n) is 8.15. The second kappa shape index (κ2) is 5.72. The molecular weight excluding hydrogens is 391 g/mol. The maximum atomic E-state index is 4.90. The van der Waals surface area contributed by atoms with Gasteiger partial charge in [-0.1, -0.05) is 27.2 Å². The maximum Gasteiger partial charge on any atom is 0.0165 e. The molecule has 0 aromatic carbocycles. The van der Waals surface area contributed by atoms with E-state index in [2.05, 4.69) is 27.9 Å². The van der Waals surface area contributed by atoms with Crippen LogP contribution in [0.3, 0.4) is 0 Å². The van der Waals surface area contributed by atoms with Crippen molar-refractivity contribution in [2.24, 2.45) is 5.41 Å². The standard InChI is InChI=1S/C9H19O.Rf/c1-5-7-9(3,6-2)8-10-4;/h4-8H2,1-3H3;/q-1;. The topological polar surface area (TPSA) is 9.23 Å². The van der Waals surface area contributed by atoms with Crippen LogP contribution in [-0.2, 0) is 4.74 Å². The molecule has 0 N–H and O–H groups in total. The van der Waals surface area contributed by atoms with Crippen LogP contribution in [0.1, 0.15) is 40.0 Å². The van der Waals surface area contributed by atoms with E-state index in [4.69, 9.17) is 4.74 Å². The normalized spacial score (nSPS) is 15.3. The van der Waals surface area contributed by atoms with Gasteiger partial charge in [0.15, 0.2) is 0 Å². The van der Waals surface area contributed by atoms with Crippen molar-refractivity contribution in [2.45, 2.75) is 40.0 Å². The molecule has 0 heterocycles. The van der Waals surface area contributed by atoms with Crippen LogP contribution in [0.4, 0.5) is 0 Å². The summed E-state index contributed by atoms with van der Waals surface area (Å²) >= 11 is 0. The van der Waals surface area contributed by atoms with Crippen molar-refractivity contribution in [3.05, 3.63) is 7.11 Å². The SMILES string of the molecule is [CH2-]OCC(C)(CC)CCC.[Rf]. The summed E-state index contributed by atoms with van der Waals surface area (Å²) in [6.45, 7) is 7.45. The maximum absolute atomic E-state index is 4.90. The van der Waals surface area contributed by atoms with E-state index in [1.807, 2.05) is 0 Å². The van der Waals surface area contributed by atoms with E-state index < -0.39 is 0 Å². The van der Waals surface area contributed by atoms with Crippen LogP contribution in [0.2, 0.25) is 0 Å². The average Bonchev–Trinajstić information content (AvgIpc) is 1.89. The summed E-state index contributed by atoms with van der Waals surface area (Å²) in [5.74, 6) is 0. The summed E-state index contributed by atoms with van der Waals surface area (Å²) in [5.41, 5.74) is 0.358. The molecule has 0 aliphatic heterocycles. The molecule has 0 spiro atoms. The molecule has 0 amide bonds. The first-order valence-corrected chi connectivity index (χ1v) is 4.05. The van der Waals surface area contributed by atoms with E-state index in [0.717, 1.165) is 6.61 Å². The van der Waals surface area contributed by atoms with Gasteiger partial charge in [0.25, 0.3) is 0 Å². The van der Waals surface area contributed by atoms with E-state index in [9.17, 15) is 0 Å². The fraction of sp³-hybridized carbons (Fsp3) is 0.889. The van der Waals surface area contributed by atoms with E-state index in [1.54, 1.807) is 0 Å². The van der Waals surface area contributed by atoms with Gasteiger partial charge in [0.05, 0.1) is 0 Å². The van der Waals surface area contributed by atoms with Gasteiger partial charge in [0, 0.05) is 6.61 Å². The molecule has 1 unspecified atom stereocenters. The van der Waals surface area contributed by atoms with E-state index in [1.165, 1.54) is 19.3 Å². The molecule has 0 fully saturated rings. The van der Waals surface area contributed by atoms with Crippen LogP contribution < -0.4 is 0 Å². The van der Waals surface area contributed by atoms with Gasteiger partial charge >= 0.3 is 0 Å². The summed E-state index contributed by atoms with van der Waals surface area (Å²) < 4.78 is 4.90. The third-order valence-corrected chi connectivity index (χ3v) is 2.16. The molecule has 1 atom stereocenters. The minimum Gasteiger partial charge on any atom is -0.555 e. The zero-order chi connectivity index (χ0) is 8.04. The van der Waals surface area contributed by atoms with E-state index in [0.29, 0.717) is 5.41 Å². The van der Waals surface area contributed by atoms with Gasteiger partial charge < -0.3 is 4.74 Å². The number of rotatable bonds is 5. The smallest absolute Gasteiger partial charge is 0.0165 e. The molecular formula is C9H19ORf-. The van der Waals surface area contributed by atoms with Crippen molar-refractivity contribution in [1.82, 2.24) is 0 Å². The molecule has 0 aromatic rings. The van der Waals surface area contributed by atoms with Crippen LogP contribution in [0.5, 0.6) is 0 Å². The average molecular weight is 410 g/mol. The van der Waals surface area contributed by atoms with Gasteiger partial charge in [-0.05, 0) is 18.3 Å². The van der Waals surface area contributed by atoms with Crippen LogP contribution in [-0.4, -0.2) is 6.61 Å². The molecule has 0 saturated heterocycles. The second-order valence-corrected chi connectivity index (χ2v) is 3.26. The first-order chi connectivity index (χ1) is 4.68. The Bertz CT molecular complexity index is 77.6. The number of hydrogen-bond donors (Lipinski definition) is 0. The van der Waals surface area contributed by atoms with Gasteiger partial charge in [-0.15, -0.1) is 0 Å². The molecule has 0 aromatic heterocycles. The minimum absolute atomic E-state index is 0. The molecule has 2 heteroatoms. The Balaban J connectivity index is 0. The van der Waals surface area contributed by atoms with Crippen molar-refractivity contribution in [2.75, 3.05) is 6.61 Å². The fourth-order valence-electron chi connectivity index (χ4n) is 1.20. The van der Waals surface area contributed by atoms with Crippen molar-refractivity contribution < 1.29 is 4.74 Å². The quantitative estimate of drug-likeness (QED) is 0.634. The third kappa shape index (κ3) is 4.38. The molecule has 0 aliphatic carbocycles. The first kappa shape index (κ1) is 12.6. The molecule has 0 aliphatic rings. The van der Waals surface area contributed by atoms with Crippen LogP contribution in [0.15, 0.2) is 0 Å². The number of hydrogen-bond acceptors (Lipinski definition) is 1. The molecule has 0 saturated carbocycles. The Kier molecular flexibility index (Phi) is 6.57. The third-order valence-electron chi connectivity index (χ3n) is 2.16. The summed E-state index contributed by atoms with van der Waals surface area (Å²) in [5, 5.41) is 0. The zero-order valence-corrected chi connectivity index (χ0v) is 14.6. The molecule has 64 valence electrons. The molecule has 0 rings (SSSR count). The van der Waals surface area contributed by atoms with Crippen molar-refractivity contribution in [1.29, 1.82) is 0 Å². The fourth-order valence-corrected chi connectivity index (χ4v) is 1.20. The van der Waals surface area contributed by atoms with Crippen LogP contribution in [0, 0.1) is 12.5 Å². The predicted octanol–water partition coefficient (Wildman–Crippen LogP) is 3.01. The Labute approximate surface area is 64.8 Å². The van der Waals surface area contributed by atoms with Gasteiger partial charge in [0.2, 0.25) is 0 Å². The molecule has 0 bridgehead atoms. The van der Waals surface area contributed by atoms with Crippen LogP contribution >= 0.6 is 0 Å². The minimum atomic E-state index is 0. The summed E-state index contributed by atoms with van der Waals surface area (Å²) in [7, 11) is 3.40. The van der Waals surface area contributed by atoms with Gasteiger partial charge in [0.1, 0.15) is 0 Å². The number of ether oxygens (including phenoxy) is 1. The van der Waals surface area contributed by atoms with Gasteiger partial charge in [-0.25, -0.2) is 7.11 Å². The van der Waals surface area contributed by atoms with Gasteiger partial charge in [-0.3, -0.25) is 0 Å². The largest absolute Gasteiger partial charge is 0.555 e. The van der Waals surface area contributed by atoms with E-state index >= 15 is 0 Å². The molecule has 11 heavy (non-hydrogen) atoms. The first-order valence-electron chi connectivity index (χ1n) is 4.05. The van der Waals surface area contributed by atoms with Crippen molar-refractivity contribution in [3.8, 4) is 0 Å². The van der Waals surface area contributed by atoms with Crippen molar-refractivity contribution in [3.63, 3.8) is 0 Å². The van der Waals surface area contributed by atoms with E-state index in [-0.39, 0.29) is 0 Å². The summed E-state index contributed by atoms with van der Waals surface area (Å²) in [6.07, 6.45) is 3.64. The Morgan fingerprint density at radius 3 is 2.18 bits per heavy atom.